The highest BCUT2D eigenvalue weighted by atomic mass is 16.5. The van der Waals surface area contributed by atoms with E-state index in [-0.39, 0.29) is 5.97 Å². The van der Waals surface area contributed by atoms with Gasteiger partial charge in [-0.05, 0) is 11.8 Å². The molecule has 2 nitrogen and oxygen atoms in total. The van der Waals surface area contributed by atoms with Crippen molar-refractivity contribution in [3.8, 4) is 0 Å². The number of rotatable bonds is 4. The molecule has 0 aliphatic heterocycles. The Bertz CT molecular complexity index is 138. The lowest BCUT2D eigenvalue weighted by atomic mass is 9.99. The fourth-order valence-electron chi connectivity index (χ4n) is 0.465. The van der Waals surface area contributed by atoms with Gasteiger partial charge in [-0.2, -0.15) is 0 Å². The van der Waals surface area contributed by atoms with E-state index < -0.39 is 0 Å². The number of carbonyl (C=O) groups is 1. The summed E-state index contributed by atoms with van der Waals surface area (Å²) in [5, 5.41) is 0. The van der Waals surface area contributed by atoms with Crippen LogP contribution in [-0.2, 0) is 9.53 Å². The number of carbonyl (C=O) groups excluding carboxylic acids is 1. The Balaban J connectivity index is 3.53. The Hall–Kier alpha value is -0.790. The topological polar surface area (TPSA) is 26.3 Å². The summed E-state index contributed by atoms with van der Waals surface area (Å²) in [4.78, 5) is 10.6. The van der Waals surface area contributed by atoms with Crippen LogP contribution >= 0.6 is 0 Å². The highest BCUT2D eigenvalue weighted by Gasteiger charge is 2.08. The molecule has 2 heteroatoms. The van der Waals surface area contributed by atoms with Crippen LogP contribution in [0.5, 0.6) is 0 Å². The van der Waals surface area contributed by atoms with Gasteiger partial charge >= 0.3 is 5.97 Å². The highest BCUT2D eigenvalue weighted by molar-refractivity contribution is 5.81. The SMILES string of the molecule is C=CC(=O)OCC(C)C(C)C. The van der Waals surface area contributed by atoms with Crippen molar-refractivity contribution in [3.05, 3.63) is 12.7 Å². The van der Waals surface area contributed by atoms with Gasteiger partial charge in [0, 0.05) is 6.08 Å². The molecule has 0 heterocycles. The van der Waals surface area contributed by atoms with E-state index in [1.54, 1.807) is 0 Å². The zero-order valence-corrected chi connectivity index (χ0v) is 7.46. The summed E-state index contributed by atoms with van der Waals surface area (Å²) >= 11 is 0. The fourth-order valence-corrected chi connectivity index (χ4v) is 0.465. The van der Waals surface area contributed by atoms with Crippen molar-refractivity contribution in [1.82, 2.24) is 0 Å². The highest BCUT2D eigenvalue weighted by Crippen LogP contribution is 2.09. The van der Waals surface area contributed by atoms with E-state index in [2.05, 4.69) is 27.4 Å². The van der Waals surface area contributed by atoms with E-state index in [4.69, 9.17) is 4.74 Å². The minimum absolute atomic E-state index is 0.336. The van der Waals surface area contributed by atoms with Crippen LogP contribution in [-0.4, -0.2) is 12.6 Å². The average molecular weight is 156 g/mol. The first-order valence-electron chi connectivity index (χ1n) is 3.87. The molecule has 11 heavy (non-hydrogen) atoms. The molecule has 1 unspecified atom stereocenters. The third-order valence-electron chi connectivity index (χ3n) is 1.79. The molecule has 0 radical (unpaired) electrons. The third-order valence-corrected chi connectivity index (χ3v) is 1.79. The number of esters is 1. The molecule has 0 aliphatic carbocycles. The van der Waals surface area contributed by atoms with Crippen molar-refractivity contribution in [2.24, 2.45) is 11.8 Å². The van der Waals surface area contributed by atoms with E-state index in [1.165, 1.54) is 6.08 Å². The van der Waals surface area contributed by atoms with Crippen molar-refractivity contribution < 1.29 is 9.53 Å². The molecule has 0 bridgehead atoms. The molecular formula is C9H16O2. The molecule has 0 fully saturated rings. The van der Waals surface area contributed by atoms with Crippen LogP contribution in [0.1, 0.15) is 20.8 Å². The van der Waals surface area contributed by atoms with Crippen LogP contribution in [0.2, 0.25) is 0 Å². The predicted molar refractivity (Wildman–Crippen MR) is 45.2 cm³/mol. The molecule has 0 rings (SSSR count). The van der Waals surface area contributed by atoms with E-state index in [0.29, 0.717) is 18.4 Å². The van der Waals surface area contributed by atoms with Gasteiger partial charge in [-0.15, -0.1) is 0 Å². The summed E-state index contributed by atoms with van der Waals surface area (Å²) in [5.74, 6) is 0.629. The lowest BCUT2D eigenvalue weighted by Gasteiger charge is -2.14. The van der Waals surface area contributed by atoms with Gasteiger partial charge in [0.05, 0.1) is 6.61 Å². The van der Waals surface area contributed by atoms with E-state index in [0.717, 1.165) is 0 Å². The second-order valence-electron chi connectivity index (χ2n) is 3.06. The van der Waals surface area contributed by atoms with Gasteiger partial charge in [-0.1, -0.05) is 27.4 Å². The zero-order valence-electron chi connectivity index (χ0n) is 7.46. The zero-order chi connectivity index (χ0) is 8.85. The quantitative estimate of drug-likeness (QED) is 0.459. The summed E-state index contributed by atoms with van der Waals surface area (Å²) in [6, 6.07) is 0. The van der Waals surface area contributed by atoms with Crippen molar-refractivity contribution in [3.63, 3.8) is 0 Å². The molecule has 0 amide bonds. The fraction of sp³-hybridized carbons (Fsp3) is 0.667. The van der Waals surface area contributed by atoms with Gasteiger partial charge in [0.15, 0.2) is 0 Å². The maximum Gasteiger partial charge on any atom is 0.330 e. The molecule has 0 aliphatic rings. The summed E-state index contributed by atoms with van der Waals surface area (Å²) in [7, 11) is 0. The van der Waals surface area contributed by atoms with Gasteiger partial charge in [0.25, 0.3) is 0 Å². The van der Waals surface area contributed by atoms with Crippen molar-refractivity contribution >= 4 is 5.97 Å². The minimum Gasteiger partial charge on any atom is -0.462 e. The Morgan fingerprint density at radius 1 is 1.55 bits per heavy atom. The maximum absolute atomic E-state index is 10.6. The van der Waals surface area contributed by atoms with Crippen LogP contribution in [0.25, 0.3) is 0 Å². The summed E-state index contributed by atoms with van der Waals surface area (Å²) in [5.41, 5.74) is 0. The molecule has 1 atom stereocenters. The first-order chi connectivity index (χ1) is 5.07. The predicted octanol–water partition coefficient (Wildman–Crippen LogP) is 2.01. The van der Waals surface area contributed by atoms with Crippen molar-refractivity contribution in [2.75, 3.05) is 6.61 Å². The molecular weight excluding hydrogens is 140 g/mol. The Labute approximate surface area is 68.2 Å². The van der Waals surface area contributed by atoms with Crippen molar-refractivity contribution in [1.29, 1.82) is 0 Å². The Morgan fingerprint density at radius 2 is 2.09 bits per heavy atom. The van der Waals surface area contributed by atoms with Crippen LogP contribution in [0.3, 0.4) is 0 Å². The third kappa shape index (κ3) is 4.59. The Kier molecular flexibility index (Phi) is 4.59. The summed E-state index contributed by atoms with van der Waals surface area (Å²) in [6.07, 6.45) is 1.19. The first kappa shape index (κ1) is 10.2. The number of hydrogen-bond donors (Lipinski definition) is 0. The minimum atomic E-state index is -0.336. The van der Waals surface area contributed by atoms with Gasteiger partial charge in [-0.25, -0.2) is 4.79 Å². The standard InChI is InChI=1S/C9H16O2/c1-5-9(10)11-6-8(4)7(2)3/h5,7-8H,1,6H2,2-4H3. The molecule has 0 aromatic carbocycles. The van der Waals surface area contributed by atoms with Crippen LogP contribution in [0, 0.1) is 11.8 Å². The first-order valence-corrected chi connectivity index (χ1v) is 3.87. The molecule has 0 aromatic rings. The molecule has 64 valence electrons. The maximum atomic E-state index is 10.6. The van der Waals surface area contributed by atoms with E-state index >= 15 is 0 Å². The molecule has 0 spiro atoms. The van der Waals surface area contributed by atoms with Crippen LogP contribution in [0.15, 0.2) is 12.7 Å². The van der Waals surface area contributed by atoms with Gasteiger partial charge < -0.3 is 4.74 Å². The lowest BCUT2D eigenvalue weighted by molar-refractivity contribution is -0.139. The number of ether oxygens (including phenoxy) is 1. The smallest absolute Gasteiger partial charge is 0.330 e. The van der Waals surface area contributed by atoms with Crippen molar-refractivity contribution in [2.45, 2.75) is 20.8 Å². The summed E-state index contributed by atoms with van der Waals surface area (Å²) < 4.78 is 4.86. The van der Waals surface area contributed by atoms with Gasteiger partial charge in [0.1, 0.15) is 0 Å². The van der Waals surface area contributed by atoms with Gasteiger partial charge in [0.2, 0.25) is 0 Å². The Morgan fingerprint density at radius 3 is 2.45 bits per heavy atom. The lowest BCUT2D eigenvalue weighted by Crippen LogP contribution is -2.14. The van der Waals surface area contributed by atoms with Crippen LogP contribution < -0.4 is 0 Å². The largest absolute Gasteiger partial charge is 0.462 e. The second kappa shape index (κ2) is 4.94. The number of hydrogen-bond acceptors (Lipinski definition) is 2. The molecule has 0 saturated carbocycles. The molecule has 0 N–H and O–H groups in total. The van der Waals surface area contributed by atoms with E-state index in [1.807, 2.05) is 0 Å². The average Bonchev–Trinajstić information content (AvgIpc) is 1.99. The van der Waals surface area contributed by atoms with Crippen LogP contribution in [0.4, 0.5) is 0 Å². The molecule has 0 aromatic heterocycles. The summed E-state index contributed by atoms with van der Waals surface area (Å²) in [6.45, 7) is 10.1. The normalized spacial score (nSPS) is 12.7. The molecule has 0 saturated heterocycles. The van der Waals surface area contributed by atoms with E-state index in [9.17, 15) is 4.79 Å². The second-order valence-corrected chi connectivity index (χ2v) is 3.06. The monoisotopic (exact) mass is 156 g/mol. The van der Waals surface area contributed by atoms with Gasteiger partial charge in [-0.3, -0.25) is 0 Å².